The second kappa shape index (κ2) is 5.65. The first kappa shape index (κ1) is 12.6. The highest BCUT2D eigenvalue weighted by Gasteiger charge is 2.30. The van der Waals surface area contributed by atoms with Gasteiger partial charge in [0.05, 0.1) is 6.42 Å². The van der Waals surface area contributed by atoms with Crippen LogP contribution in [0.4, 0.5) is 0 Å². The van der Waals surface area contributed by atoms with E-state index in [1.54, 1.807) is 0 Å². The SMILES string of the molecule is NC(CC(=O)OCc1ccccc1Br)C1CC1. The van der Waals surface area contributed by atoms with Gasteiger partial charge in [0, 0.05) is 16.1 Å². The third-order valence-electron chi connectivity index (χ3n) is 2.98. The Labute approximate surface area is 109 Å². The Morgan fingerprint density at radius 1 is 1.47 bits per heavy atom. The summed E-state index contributed by atoms with van der Waals surface area (Å²) < 4.78 is 6.17. The normalized spacial score (nSPS) is 16.6. The lowest BCUT2D eigenvalue weighted by Crippen LogP contribution is -2.26. The molecular weight excluding hydrogens is 282 g/mol. The van der Waals surface area contributed by atoms with Crippen molar-refractivity contribution in [3.05, 3.63) is 34.3 Å². The molecule has 92 valence electrons. The van der Waals surface area contributed by atoms with Crippen LogP contribution in [0.2, 0.25) is 0 Å². The average Bonchev–Trinajstić information content (AvgIpc) is 3.11. The number of benzene rings is 1. The van der Waals surface area contributed by atoms with Crippen molar-refractivity contribution in [3.8, 4) is 0 Å². The molecule has 0 aromatic heterocycles. The Balaban J connectivity index is 1.77. The van der Waals surface area contributed by atoms with E-state index in [1.807, 2.05) is 24.3 Å². The number of hydrogen-bond donors (Lipinski definition) is 1. The molecule has 4 heteroatoms. The topological polar surface area (TPSA) is 52.3 Å². The molecule has 0 saturated heterocycles. The minimum absolute atomic E-state index is 0.0262. The first-order valence-corrected chi connectivity index (χ1v) is 6.60. The molecule has 0 heterocycles. The molecule has 2 rings (SSSR count). The second-order valence-electron chi connectivity index (χ2n) is 4.46. The molecule has 1 aromatic rings. The van der Waals surface area contributed by atoms with Crippen LogP contribution >= 0.6 is 15.9 Å². The maximum atomic E-state index is 11.6. The molecule has 0 amide bonds. The summed E-state index contributed by atoms with van der Waals surface area (Å²) in [6.45, 7) is 0.303. The zero-order valence-corrected chi connectivity index (χ0v) is 11.2. The van der Waals surface area contributed by atoms with E-state index in [4.69, 9.17) is 10.5 Å². The van der Waals surface area contributed by atoms with Crippen LogP contribution in [-0.4, -0.2) is 12.0 Å². The first-order valence-electron chi connectivity index (χ1n) is 5.81. The standard InChI is InChI=1S/C13H16BrNO2/c14-11-4-2-1-3-10(11)8-17-13(16)7-12(15)9-5-6-9/h1-4,9,12H,5-8,15H2. The number of esters is 1. The van der Waals surface area contributed by atoms with Crippen LogP contribution in [0.15, 0.2) is 28.7 Å². The van der Waals surface area contributed by atoms with Crippen molar-refractivity contribution in [3.63, 3.8) is 0 Å². The third kappa shape index (κ3) is 3.82. The van der Waals surface area contributed by atoms with E-state index < -0.39 is 0 Å². The number of carbonyl (C=O) groups is 1. The molecule has 1 fully saturated rings. The molecule has 1 aliphatic carbocycles. The van der Waals surface area contributed by atoms with Crippen molar-refractivity contribution in [2.75, 3.05) is 0 Å². The van der Waals surface area contributed by atoms with Crippen molar-refractivity contribution in [2.24, 2.45) is 11.7 Å². The number of halogens is 1. The molecule has 0 aliphatic heterocycles. The Hall–Kier alpha value is -0.870. The highest BCUT2D eigenvalue weighted by molar-refractivity contribution is 9.10. The monoisotopic (exact) mass is 297 g/mol. The van der Waals surface area contributed by atoms with Gasteiger partial charge >= 0.3 is 5.97 Å². The van der Waals surface area contributed by atoms with Gasteiger partial charge < -0.3 is 10.5 Å². The molecule has 1 aliphatic rings. The summed E-state index contributed by atoms with van der Waals surface area (Å²) in [6, 6.07) is 7.68. The van der Waals surface area contributed by atoms with E-state index >= 15 is 0 Å². The summed E-state index contributed by atoms with van der Waals surface area (Å²) in [5, 5.41) is 0. The van der Waals surface area contributed by atoms with E-state index in [2.05, 4.69) is 15.9 Å². The summed E-state index contributed by atoms with van der Waals surface area (Å²) in [5.74, 6) is 0.325. The number of carbonyl (C=O) groups excluding carboxylic acids is 1. The highest BCUT2D eigenvalue weighted by Crippen LogP contribution is 2.32. The van der Waals surface area contributed by atoms with E-state index in [0.29, 0.717) is 18.9 Å². The van der Waals surface area contributed by atoms with Crippen LogP contribution in [0.3, 0.4) is 0 Å². The van der Waals surface area contributed by atoms with Gasteiger partial charge in [-0.2, -0.15) is 0 Å². The molecule has 0 bridgehead atoms. The average molecular weight is 298 g/mol. The molecule has 17 heavy (non-hydrogen) atoms. The fraction of sp³-hybridized carbons (Fsp3) is 0.462. The molecule has 1 saturated carbocycles. The largest absolute Gasteiger partial charge is 0.461 e. The van der Waals surface area contributed by atoms with Crippen LogP contribution in [0.1, 0.15) is 24.8 Å². The van der Waals surface area contributed by atoms with Gasteiger partial charge in [0.15, 0.2) is 0 Å². The summed E-state index contributed by atoms with van der Waals surface area (Å²) in [4.78, 5) is 11.6. The zero-order chi connectivity index (χ0) is 12.3. The molecule has 1 aromatic carbocycles. The molecule has 3 nitrogen and oxygen atoms in total. The summed E-state index contributed by atoms with van der Waals surface area (Å²) in [7, 11) is 0. The minimum atomic E-state index is -0.208. The van der Waals surface area contributed by atoms with Crippen LogP contribution in [0, 0.1) is 5.92 Å². The minimum Gasteiger partial charge on any atom is -0.461 e. The Morgan fingerprint density at radius 2 is 2.18 bits per heavy atom. The Bertz CT molecular complexity index is 404. The van der Waals surface area contributed by atoms with Gasteiger partial charge in [0.1, 0.15) is 6.61 Å². The molecule has 0 spiro atoms. The molecule has 1 atom stereocenters. The van der Waals surface area contributed by atoms with Gasteiger partial charge in [-0.15, -0.1) is 0 Å². The number of ether oxygens (including phenoxy) is 1. The number of rotatable bonds is 5. The maximum absolute atomic E-state index is 11.6. The lowest BCUT2D eigenvalue weighted by Gasteiger charge is -2.10. The van der Waals surface area contributed by atoms with Crippen LogP contribution in [0.25, 0.3) is 0 Å². The summed E-state index contributed by atoms with van der Waals surface area (Å²) >= 11 is 3.41. The van der Waals surface area contributed by atoms with Crippen molar-refractivity contribution >= 4 is 21.9 Å². The van der Waals surface area contributed by atoms with Gasteiger partial charge in [-0.05, 0) is 24.8 Å². The zero-order valence-electron chi connectivity index (χ0n) is 9.56. The van der Waals surface area contributed by atoms with Crippen LogP contribution in [-0.2, 0) is 16.1 Å². The highest BCUT2D eigenvalue weighted by atomic mass is 79.9. The molecule has 2 N–H and O–H groups in total. The Morgan fingerprint density at radius 3 is 2.82 bits per heavy atom. The third-order valence-corrected chi connectivity index (χ3v) is 3.75. The fourth-order valence-electron chi connectivity index (χ4n) is 1.72. The molecule has 0 radical (unpaired) electrons. The van der Waals surface area contributed by atoms with Gasteiger partial charge in [-0.1, -0.05) is 34.1 Å². The summed E-state index contributed by atoms with van der Waals surface area (Å²) in [5.41, 5.74) is 6.84. The van der Waals surface area contributed by atoms with Gasteiger partial charge in [-0.25, -0.2) is 0 Å². The van der Waals surface area contributed by atoms with Crippen LogP contribution < -0.4 is 5.73 Å². The smallest absolute Gasteiger partial charge is 0.307 e. The number of hydrogen-bond acceptors (Lipinski definition) is 3. The van der Waals surface area contributed by atoms with Gasteiger partial charge in [0.2, 0.25) is 0 Å². The summed E-state index contributed by atoms with van der Waals surface area (Å²) in [6.07, 6.45) is 2.63. The second-order valence-corrected chi connectivity index (χ2v) is 5.31. The lowest BCUT2D eigenvalue weighted by atomic mass is 10.1. The van der Waals surface area contributed by atoms with E-state index in [-0.39, 0.29) is 12.0 Å². The van der Waals surface area contributed by atoms with Crippen molar-refractivity contribution in [1.82, 2.24) is 0 Å². The van der Waals surface area contributed by atoms with Crippen LogP contribution in [0.5, 0.6) is 0 Å². The molecular formula is C13H16BrNO2. The fourth-order valence-corrected chi connectivity index (χ4v) is 2.12. The Kier molecular flexibility index (Phi) is 4.18. The quantitative estimate of drug-likeness (QED) is 0.850. The lowest BCUT2D eigenvalue weighted by molar-refractivity contribution is -0.145. The van der Waals surface area contributed by atoms with Crippen molar-refractivity contribution < 1.29 is 9.53 Å². The van der Waals surface area contributed by atoms with Gasteiger partial charge in [0.25, 0.3) is 0 Å². The maximum Gasteiger partial charge on any atom is 0.307 e. The van der Waals surface area contributed by atoms with E-state index in [9.17, 15) is 4.79 Å². The van der Waals surface area contributed by atoms with E-state index in [0.717, 1.165) is 22.9 Å². The van der Waals surface area contributed by atoms with Gasteiger partial charge in [-0.3, -0.25) is 4.79 Å². The van der Waals surface area contributed by atoms with Crippen molar-refractivity contribution in [1.29, 1.82) is 0 Å². The van der Waals surface area contributed by atoms with E-state index in [1.165, 1.54) is 0 Å². The molecule has 1 unspecified atom stereocenters. The predicted molar refractivity (Wildman–Crippen MR) is 69.3 cm³/mol. The van der Waals surface area contributed by atoms with Crippen molar-refractivity contribution in [2.45, 2.75) is 31.9 Å². The first-order chi connectivity index (χ1) is 8.16. The predicted octanol–water partition coefficient (Wildman–Crippen LogP) is 2.62. The number of nitrogens with two attached hydrogens (primary N) is 1.